The highest BCUT2D eigenvalue weighted by atomic mass is 16.3. The summed E-state index contributed by atoms with van der Waals surface area (Å²) in [6.45, 7) is 8.50. The van der Waals surface area contributed by atoms with Crippen LogP contribution >= 0.6 is 0 Å². The van der Waals surface area contributed by atoms with Crippen molar-refractivity contribution in [2.75, 3.05) is 0 Å². The first-order chi connectivity index (χ1) is 9.67. The van der Waals surface area contributed by atoms with Gasteiger partial charge >= 0.3 is 0 Å². The molecule has 20 heavy (non-hydrogen) atoms. The Bertz CT molecular complexity index is 532. The number of hydrogen-bond acceptors (Lipinski definition) is 2. The molecule has 0 spiro atoms. The van der Waals surface area contributed by atoms with Gasteiger partial charge in [-0.3, -0.25) is 0 Å². The van der Waals surface area contributed by atoms with Crippen LogP contribution in [0, 0.1) is 20.1 Å². The van der Waals surface area contributed by atoms with Gasteiger partial charge in [0.1, 0.15) is 0 Å². The maximum atomic E-state index is 5.73. The molecule has 0 saturated heterocycles. The van der Waals surface area contributed by atoms with E-state index in [9.17, 15) is 0 Å². The van der Waals surface area contributed by atoms with Gasteiger partial charge in [0.2, 0.25) is 0 Å². The lowest BCUT2D eigenvalue weighted by Crippen LogP contribution is -1.94. The van der Waals surface area contributed by atoms with Crippen molar-refractivity contribution >= 4 is 0 Å². The molecule has 3 nitrogen and oxygen atoms in total. The molecule has 0 aromatic carbocycles. The van der Waals surface area contributed by atoms with Crippen molar-refractivity contribution in [1.82, 2.24) is 9.97 Å². The van der Waals surface area contributed by atoms with E-state index in [1.807, 2.05) is 13.8 Å². The Labute approximate surface area is 121 Å². The first-order valence-corrected chi connectivity index (χ1v) is 7.73. The van der Waals surface area contributed by atoms with Gasteiger partial charge in [-0.05, 0) is 39.5 Å². The molecule has 0 unspecified atom stereocenters. The highest BCUT2D eigenvalue weighted by Crippen LogP contribution is 2.29. The minimum Gasteiger partial charge on any atom is -0.449 e. The summed E-state index contributed by atoms with van der Waals surface area (Å²) in [5, 5.41) is 0. The SMILES string of the molecule is CCCCc1[c]oc(-c2nc(C)c(C)[nH]2)c1CCCC. The summed E-state index contributed by atoms with van der Waals surface area (Å²) in [6.07, 6.45) is 9.96. The van der Waals surface area contributed by atoms with E-state index in [-0.39, 0.29) is 0 Å². The number of imidazole rings is 1. The van der Waals surface area contributed by atoms with E-state index in [1.54, 1.807) is 0 Å². The highest BCUT2D eigenvalue weighted by Gasteiger charge is 2.18. The van der Waals surface area contributed by atoms with Crippen LogP contribution in [0.4, 0.5) is 0 Å². The second kappa shape index (κ2) is 6.78. The Kier molecular flexibility index (Phi) is 5.05. The van der Waals surface area contributed by atoms with Crippen LogP contribution in [0.15, 0.2) is 4.42 Å². The molecule has 0 aliphatic rings. The second-order valence-electron chi connectivity index (χ2n) is 5.49. The van der Waals surface area contributed by atoms with Crippen LogP contribution in [-0.4, -0.2) is 9.97 Å². The van der Waals surface area contributed by atoms with Crippen LogP contribution < -0.4 is 0 Å². The van der Waals surface area contributed by atoms with Gasteiger partial charge in [-0.15, -0.1) is 0 Å². The Morgan fingerprint density at radius 1 is 1.10 bits per heavy atom. The smallest absolute Gasteiger partial charge is 0.174 e. The van der Waals surface area contributed by atoms with E-state index in [1.165, 1.54) is 36.8 Å². The zero-order valence-corrected chi connectivity index (χ0v) is 13.1. The van der Waals surface area contributed by atoms with E-state index in [0.717, 1.165) is 35.8 Å². The largest absolute Gasteiger partial charge is 0.449 e. The van der Waals surface area contributed by atoms with Crippen LogP contribution in [-0.2, 0) is 12.8 Å². The van der Waals surface area contributed by atoms with Crippen molar-refractivity contribution in [1.29, 1.82) is 0 Å². The van der Waals surface area contributed by atoms with Crippen molar-refractivity contribution < 1.29 is 4.42 Å². The fraction of sp³-hybridized carbons (Fsp3) is 0.588. The van der Waals surface area contributed by atoms with Gasteiger partial charge in [0.25, 0.3) is 0 Å². The van der Waals surface area contributed by atoms with Gasteiger partial charge in [0.15, 0.2) is 17.8 Å². The number of aryl methyl sites for hydroxylation is 3. The summed E-state index contributed by atoms with van der Waals surface area (Å²) in [5.74, 6) is 1.74. The molecule has 0 aliphatic carbocycles. The molecular formula is C17H25N2O. The molecule has 109 valence electrons. The number of nitrogens with one attached hydrogen (secondary N) is 1. The Morgan fingerprint density at radius 2 is 1.80 bits per heavy atom. The molecule has 2 heterocycles. The van der Waals surface area contributed by atoms with Gasteiger partial charge in [0.05, 0.1) is 5.69 Å². The average molecular weight is 273 g/mol. The number of nitrogens with zero attached hydrogens (tertiary/aromatic N) is 1. The molecule has 2 rings (SSSR count). The quantitative estimate of drug-likeness (QED) is 0.789. The molecule has 2 aromatic heterocycles. The lowest BCUT2D eigenvalue weighted by Gasteiger charge is -2.03. The van der Waals surface area contributed by atoms with Crippen LogP contribution in [0.25, 0.3) is 11.6 Å². The van der Waals surface area contributed by atoms with Gasteiger partial charge in [-0.1, -0.05) is 26.7 Å². The predicted molar refractivity (Wildman–Crippen MR) is 81.8 cm³/mol. The Balaban J connectivity index is 2.33. The number of furan rings is 1. The first kappa shape index (κ1) is 14.9. The summed E-state index contributed by atoms with van der Waals surface area (Å²) < 4.78 is 5.73. The zero-order chi connectivity index (χ0) is 14.5. The van der Waals surface area contributed by atoms with Crippen molar-refractivity contribution in [3.63, 3.8) is 0 Å². The first-order valence-electron chi connectivity index (χ1n) is 7.73. The summed E-state index contributed by atoms with van der Waals surface area (Å²) in [7, 11) is 0. The molecule has 3 heteroatoms. The highest BCUT2D eigenvalue weighted by molar-refractivity contribution is 5.56. The molecule has 0 amide bonds. The van der Waals surface area contributed by atoms with E-state index in [2.05, 4.69) is 30.1 Å². The second-order valence-corrected chi connectivity index (χ2v) is 5.49. The number of aromatic amines is 1. The normalized spacial score (nSPS) is 11.2. The summed E-state index contributed by atoms with van der Waals surface area (Å²) in [5.41, 5.74) is 4.68. The number of aromatic nitrogens is 2. The van der Waals surface area contributed by atoms with Crippen molar-refractivity contribution in [2.45, 2.75) is 66.2 Å². The average Bonchev–Trinajstić information content (AvgIpc) is 2.98. The van der Waals surface area contributed by atoms with Gasteiger partial charge in [-0.2, -0.15) is 0 Å². The molecule has 0 saturated carbocycles. The Hall–Kier alpha value is -1.51. The van der Waals surface area contributed by atoms with Crippen molar-refractivity contribution in [3.05, 3.63) is 28.8 Å². The maximum absolute atomic E-state index is 5.73. The van der Waals surface area contributed by atoms with Gasteiger partial charge in [0, 0.05) is 16.8 Å². The standard InChI is InChI=1S/C17H25N2O/c1-5-7-9-14-11-20-16(15(14)10-8-6-2)17-18-12(3)13(4)19-17/h5-10H2,1-4H3,(H,18,19). The van der Waals surface area contributed by atoms with Gasteiger partial charge in [-0.25, -0.2) is 4.98 Å². The van der Waals surface area contributed by atoms with E-state index in [0.29, 0.717) is 0 Å². The number of hydrogen-bond donors (Lipinski definition) is 1. The lowest BCUT2D eigenvalue weighted by molar-refractivity contribution is 0.561. The van der Waals surface area contributed by atoms with E-state index < -0.39 is 0 Å². The third-order valence-electron chi connectivity index (χ3n) is 3.82. The van der Waals surface area contributed by atoms with Crippen LogP contribution in [0.5, 0.6) is 0 Å². The molecular weight excluding hydrogens is 248 g/mol. The topological polar surface area (TPSA) is 41.8 Å². The number of rotatable bonds is 7. The molecule has 2 aromatic rings. The minimum absolute atomic E-state index is 0.852. The van der Waals surface area contributed by atoms with E-state index in [4.69, 9.17) is 4.42 Å². The fourth-order valence-electron chi connectivity index (χ4n) is 2.39. The van der Waals surface area contributed by atoms with Crippen molar-refractivity contribution in [2.24, 2.45) is 0 Å². The number of H-pyrrole nitrogens is 1. The fourth-order valence-corrected chi connectivity index (χ4v) is 2.39. The van der Waals surface area contributed by atoms with E-state index >= 15 is 0 Å². The molecule has 0 bridgehead atoms. The zero-order valence-electron chi connectivity index (χ0n) is 13.1. The molecule has 0 atom stereocenters. The van der Waals surface area contributed by atoms with Crippen molar-refractivity contribution in [3.8, 4) is 11.6 Å². The molecule has 0 fully saturated rings. The van der Waals surface area contributed by atoms with Crippen LogP contribution in [0.2, 0.25) is 0 Å². The monoisotopic (exact) mass is 273 g/mol. The maximum Gasteiger partial charge on any atom is 0.174 e. The summed E-state index contributed by atoms with van der Waals surface area (Å²) >= 11 is 0. The van der Waals surface area contributed by atoms with Crippen LogP contribution in [0.1, 0.15) is 62.0 Å². The predicted octanol–water partition coefficient (Wildman–Crippen LogP) is 4.77. The molecule has 0 aliphatic heterocycles. The molecule has 1 radical (unpaired) electrons. The minimum atomic E-state index is 0.852. The lowest BCUT2D eigenvalue weighted by atomic mass is 10.0. The Morgan fingerprint density at radius 3 is 2.40 bits per heavy atom. The number of unbranched alkanes of at least 4 members (excludes halogenated alkanes) is 2. The summed E-state index contributed by atoms with van der Waals surface area (Å²) in [4.78, 5) is 7.90. The third-order valence-corrected chi connectivity index (χ3v) is 3.82. The van der Waals surface area contributed by atoms with Gasteiger partial charge < -0.3 is 9.40 Å². The molecule has 1 N–H and O–H groups in total. The van der Waals surface area contributed by atoms with Crippen LogP contribution in [0.3, 0.4) is 0 Å². The third kappa shape index (κ3) is 3.14. The summed E-state index contributed by atoms with van der Waals surface area (Å²) in [6, 6.07) is 0.